The van der Waals surface area contributed by atoms with E-state index in [4.69, 9.17) is 21.6 Å². The van der Waals surface area contributed by atoms with Crippen LogP contribution in [0.1, 0.15) is 22.9 Å². The summed E-state index contributed by atoms with van der Waals surface area (Å²) in [5.74, 6) is 1.58. The highest BCUT2D eigenvalue weighted by Gasteiger charge is 2.26. The van der Waals surface area contributed by atoms with E-state index < -0.39 is 6.17 Å². The molecule has 1 aliphatic heterocycles. The van der Waals surface area contributed by atoms with Crippen molar-refractivity contribution in [2.45, 2.75) is 6.17 Å². The molecule has 0 saturated carbocycles. The van der Waals surface area contributed by atoms with Gasteiger partial charge in [0, 0.05) is 37.9 Å². The number of hydrogen-bond acceptors (Lipinski definition) is 3. The van der Waals surface area contributed by atoms with Crippen LogP contribution in [0, 0.1) is 0 Å². The van der Waals surface area contributed by atoms with E-state index in [1.807, 2.05) is 42.5 Å². The van der Waals surface area contributed by atoms with Gasteiger partial charge in [0.1, 0.15) is 11.7 Å². The maximum Gasteiger partial charge on any atom is 0.171 e. The molecule has 1 aliphatic rings. The van der Waals surface area contributed by atoms with Gasteiger partial charge in [0.2, 0.25) is 0 Å². The van der Waals surface area contributed by atoms with Crippen molar-refractivity contribution in [2.24, 2.45) is 9.98 Å². The van der Waals surface area contributed by atoms with Crippen molar-refractivity contribution in [3.8, 4) is 5.69 Å². The summed E-state index contributed by atoms with van der Waals surface area (Å²) in [7, 11) is 0. The van der Waals surface area contributed by atoms with Gasteiger partial charge in [-0.05, 0) is 46.5 Å². The minimum atomic E-state index is -0.494. The predicted octanol–water partition coefficient (Wildman–Crippen LogP) is 10.2. The number of aliphatic imine (C=N–C) groups is 2. The molecule has 1 N–H and O–H groups in total. The molecule has 1 aromatic heterocycles. The fourth-order valence-electron chi connectivity index (χ4n) is 6.72. The van der Waals surface area contributed by atoms with Crippen LogP contribution in [0.5, 0.6) is 0 Å². The van der Waals surface area contributed by atoms with E-state index in [2.05, 4.69) is 119 Å². The SMILES string of the molecule is Clc1ccc2c(c1)c1cc3ccccc3cc1n2-c1c(C2N=C(c3ccccc3)NC(c3ccccc3)=N2)ccc2ccccc12. The average Bonchev–Trinajstić information content (AvgIpc) is 3.42. The third kappa shape index (κ3) is 4.38. The zero-order valence-electron chi connectivity index (χ0n) is 24.7. The van der Waals surface area contributed by atoms with E-state index in [0.29, 0.717) is 5.02 Å². The van der Waals surface area contributed by atoms with Gasteiger partial charge < -0.3 is 9.88 Å². The molecular weight excluding hydrogens is 584 g/mol. The Balaban J connectivity index is 1.38. The third-order valence-corrected chi connectivity index (χ3v) is 9.10. The van der Waals surface area contributed by atoms with Crippen molar-refractivity contribution in [3.05, 3.63) is 173 Å². The maximum atomic E-state index is 6.64. The number of nitrogens with one attached hydrogen (secondary N) is 1. The molecule has 0 saturated heterocycles. The molecule has 9 rings (SSSR count). The molecular formula is C41H27ClN4. The highest BCUT2D eigenvalue weighted by atomic mass is 35.5. The Morgan fingerprint density at radius 3 is 1.78 bits per heavy atom. The first-order valence-electron chi connectivity index (χ1n) is 15.4. The molecule has 0 fully saturated rings. The summed E-state index contributed by atoms with van der Waals surface area (Å²) in [6.07, 6.45) is -0.494. The second-order valence-corrected chi connectivity index (χ2v) is 12.1. The lowest BCUT2D eigenvalue weighted by molar-refractivity contribution is 0.751. The number of hydrogen-bond donors (Lipinski definition) is 1. The fourth-order valence-corrected chi connectivity index (χ4v) is 6.90. The monoisotopic (exact) mass is 610 g/mol. The highest BCUT2D eigenvalue weighted by molar-refractivity contribution is 6.32. The van der Waals surface area contributed by atoms with Crippen LogP contribution in [0.2, 0.25) is 5.02 Å². The van der Waals surface area contributed by atoms with Gasteiger partial charge >= 0.3 is 0 Å². The highest BCUT2D eigenvalue weighted by Crippen LogP contribution is 2.41. The van der Waals surface area contributed by atoms with Gasteiger partial charge in [0.05, 0.1) is 16.7 Å². The number of fused-ring (bicyclic) bond motifs is 5. The van der Waals surface area contributed by atoms with Gasteiger partial charge in [-0.2, -0.15) is 0 Å². The molecule has 0 amide bonds. The Morgan fingerprint density at radius 1 is 0.500 bits per heavy atom. The lowest BCUT2D eigenvalue weighted by Crippen LogP contribution is -2.36. The van der Waals surface area contributed by atoms with Crippen molar-refractivity contribution in [1.82, 2.24) is 9.88 Å². The van der Waals surface area contributed by atoms with Gasteiger partial charge in [0.15, 0.2) is 6.17 Å². The molecule has 0 bridgehead atoms. The number of rotatable bonds is 4. The van der Waals surface area contributed by atoms with Crippen LogP contribution in [0.4, 0.5) is 0 Å². The van der Waals surface area contributed by atoms with Crippen LogP contribution in [-0.2, 0) is 0 Å². The number of nitrogens with zero attached hydrogens (tertiary/aromatic N) is 3. The van der Waals surface area contributed by atoms with Gasteiger partial charge in [0.25, 0.3) is 0 Å². The van der Waals surface area contributed by atoms with Gasteiger partial charge in [-0.1, -0.05) is 133 Å². The van der Waals surface area contributed by atoms with E-state index in [0.717, 1.165) is 66.6 Å². The molecule has 5 heteroatoms. The summed E-state index contributed by atoms with van der Waals surface area (Å²) in [5.41, 5.74) is 6.30. The van der Waals surface area contributed by atoms with Gasteiger partial charge in [-0.3, -0.25) is 0 Å². The van der Waals surface area contributed by atoms with Crippen LogP contribution in [0.15, 0.2) is 162 Å². The minimum absolute atomic E-state index is 0.494. The molecule has 218 valence electrons. The molecule has 0 unspecified atom stereocenters. The van der Waals surface area contributed by atoms with Gasteiger partial charge in [-0.25, -0.2) is 9.98 Å². The third-order valence-electron chi connectivity index (χ3n) is 8.86. The molecule has 7 aromatic carbocycles. The summed E-state index contributed by atoms with van der Waals surface area (Å²) in [4.78, 5) is 10.6. The normalized spacial score (nSPS) is 13.7. The van der Waals surface area contributed by atoms with Gasteiger partial charge in [-0.15, -0.1) is 0 Å². The van der Waals surface area contributed by atoms with Crippen LogP contribution < -0.4 is 5.32 Å². The second kappa shape index (κ2) is 10.7. The van der Waals surface area contributed by atoms with E-state index in [-0.39, 0.29) is 0 Å². The molecule has 0 spiro atoms. The maximum absolute atomic E-state index is 6.64. The van der Waals surface area contributed by atoms with Crippen LogP contribution in [0.3, 0.4) is 0 Å². The zero-order chi connectivity index (χ0) is 30.6. The first-order valence-corrected chi connectivity index (χ1v) is 15.8. The lowest BCUT2D eigenvalue weighted by atomic mass is 10.0. The zero-order valence-corrected chi connectivity index (χ0v) is 25.5. The van der Waals surface area contributed by atoms with Crippen LogP contribution >= 0.6 is 11.6 Å². The number of halogens is 1. The van der Waals surface area contributed by atoms with Crippen molar-refractivity contribution in [3.63, 3.8) is 0 Å². The van der Waals surface area contributed by atoms with E-state index >= 15 is 0 Å². The number of amidine groups is 2. The Morgan fingerprint density at radius 2 is 1.09 bits per heavy atom. The Labute approximate surface area is 270 Å². The van der Waals surface area contributed by atoms with E-state index in [1.54, 1.807) is 0 Å². The largest absolute Gasteiger partial charge is 0.324 e. The summed E-state index contributed by atoms with van der Waals surface area (Å²) < 4.78 is 2.39. The molecule has 2 heterocycles. The molecule has 0 radical (unpaired) electrons. The average molecular weight is 611 g/mol. The fraction of sp³-hybridized carbons (Fsp3) is 0.0244. The Kier molecular flexibility index (Phi) is 6.22. The summed E-state index contributed by atoms with van der Waals surface area (Å²) in [5, 5.41) is 11.2. The van der Waals surface area contributed by atoms with Crippen molar-refractivity contribution in [1.29, 1.82) is 0 Å². The second-order valence-electron chi connectivity index (χ2n) is 11.6. The van der Waals surface area contributed by atoms with E-state index in [9.17, 15) is 0 Å². The smallest absolute Gasteiger partial charge is 0.171 e. The molecule has 4 nitrogen and oxygen atoms in total. The van der Waals surface area contributed by atoms with Crippen molar-refractivity contribution < 1.29 is 0 Å². The first kappa shape index (κ1) is 26.7. The van der Waals surface area contributed by atoms with Crippen molar-refractivity contribution in [2.75, 3.05) is 0 Å². The van der Waals surface area contributed by atoms with Crippen LogP contribution in [0.25, 0.3) is 49.0 Å². The van der Waals surface area contributed by atoms with E-state index in [1.165, 1.54) is 10.8 Å². The number of benzene rings is 7. The molecule has 8 aromatic rings. The lowest BCUT2D eigenvalue weighted by Gasteiger charge is -2.25. The molecule has 0 aliphatic carbocycles. The number of aromatic nitrogens is 1. The van der Waals surface area contributed by atoms with Crippen LogP contribution in [-0.4, -0.2) is 16.2 Å². The molecule has 46 heavy (non-hydrogen) atoms. The van der Waals surface area contributed by atoms with Crippen molar-refractivity contribution >= 4 is 66.6 Å². The predicted molar refractivity (Wildman–Crippen MR) is 193 cm³/mol. The summed E-state index contributed by atoms with van der Waals surface area (Å²) in [6.45, 7) is 0. The Hall–Kier alpha value is -5.71. The quantitative estimate of drug-likeness (QED) is 0.212. The first-order chi connectivity index (χ1) is 22.7. The summed E-state index contributed by atoms with van der Waals surface area (Å²) >= 11 is 6.64. The summed E-state index contributed by atoms with van der Waals surface area (Å²) in [6, 6.07) is 52.8. The topological polar surface area (TPSA) is 41.7 Å². The standard InChI is InChI=1S/C41H27ClN4/c42-31-20-22-36-35(25-31)34-23-29-16-7-8-17-30(29)24-37(34)46(36)38-32-18-10-9-11-26(32)19-21-33(38)41-44-39(27-12-3-1-4-13-27)43-40(45-41)28-14-5-2-6-15-28/h1-25,41H,(H,43,44,45). The minimum Gasteiger partial charge on any atom is -0.324 e. The Bertz CT molecular complexity index is 2460. The molecule has 0 atom stereocenters.